The maximum atomic E-state index is 13.2. The van der Waals surface area contributed by atoms with Crippen LogP contribution in [0.25, 0.3) is 0 Å². The highest BCUT2D eigenvalue weighted by atomic mass is 32.2. The Morgan fingerprint density at radius 2 is 1.95 bits per heavy atom. The molecule has 0 aliphatic carbocycles. The molecule has 0 amide bonds. The van der Waals surface area contributed by atoms with Crippen molar-refractivity contribution in [3.8, 4) is 0 Å². The first kappa shape index (κ1) is 15.7. The van der Waals surface area contributed by atoms with E-state index < -0.39 is 11.6 Å². The van der Waals surface area contributed by atoms with Gasteiger partial charge in [-0.1, -0.05) is 6.92 Å². The van der Waals surface area contributed by atoms with Crippen LogP contribution in [0, 0.1) is 11.6 Å². The second-order valence-corrected chi connectivity index (χ2v) is 6.94. The van der Waals surface area contributed by atoms with E-state index in [1.807, 2.05) is 11.8 Å². The van der Waals surface area contributed by atoms with Crippen LogP contribution in [0.1, 0.15) is 31.9 Å². The van der Waals surface area contributed by atoms with E-state index in [1.54, 1.807) is 0 Å². The minimum Gasteiger partial charge on any atom is -0.324 e. The number of halogens is 2. The predicted octanol–water partition coefficient (Wildman–Crippen LogP) is 3.18. The van der Waals surface area contributed by atoms with Gasteiger partial charge < -0.3 is 5.73 Å². The summed E-state index contributed by atoms with van der Waals surface area (Å²) in [6.45, 7) is 6.39. The minimum absolute atomic E-state index is 0.322. The van der Waals surface area contributed by atoms with Gasteiger partial charge in [0.25, 0.3) is 0 Å². The Labute approximate surface area is 123 Å². The molecule has 3 unspecified atom stereocenters. The molecule has 112 valence electrons. The van der Waals surface area contributed by atoms with Crippen molar-refractivity contribution >= 4 is 11.8 Å². The van der Waals surface area contributed by atoms with Crippen LogP contribution in [-0.2, 0) is 0 Å². The van der Waals surface area contributed by atoms with Crippen LogP contribution in [0.4, 0.5) is 8.78 Å². The van der Waals surface area contributed by atoms with Crippen LogP contribution < -0.4 is 5.73 Å². The summed E-state index contributed by atoms with van der Waals surface area (Å²) in [6.07, 6.45) is 0.713. The summed E-state index contributed by atoms with van der Waals surface area (Å²) in [5, 5.41) is 0.617. The standard InChI is InChI=1S/C15H22F2N2S/c1-10-11(2)20-6-5-19(10)4-3-15(18)12-7-13(16)9-14(17)8-12/h7-11,15H,3-6,18H2,1-2H3. The van der Waals surface area contributed by atoms with Crippen molar-refractivity contribution in [2.75, 3.05) is 18.8 Å². The third-order valence-electron chi connectivity index (χ3n) is 4.05. The highest BCUT2D eigenvalue weighted by Gasteiger charge is 2.25. The Hall–Kier alpha value is -0.650. The number of hydrogen-bond donors (Lipinski definition) is 1. The van der Waals surface area contributed by atoms with Crippen LogP contribution in [0.3, 0.4) is 0 Å². The summed E-state index contributed by atoms with van der Waals surface area (Å²) in [7, 11) is 0. The zero-order valence-corrected chi connectivity index (χ0v) is 12.8. The Balaban J connectivity index is 1.92. The smallest absolute Gasteiger partial charge is 0.126 e. The van der Waals surface area contributed by atoms with Gasteiger partial charge in [-0.2, -0.15) is 11.8 Å². The fourth-order valence-corrected chi connectivity index (χ4v) is 3.73. The lowest BCUT2D eigenvalue weighted by Crippen LogP contribution is -2.45. The third-order valence-corrected chi connectivity index (χ3v) is 5.39. The molecule has 1 saturated heterocycles. The number of thioether (sulfide) groups is 1. The van der Waals surface area contributed by atoms with Crippen LogP contribution in [-0.4, -0.2) is 35.0 Å². The number of hydrogen-bond acceptors (Lipinski definition) is 3. The SMILES string of the molecule is CC1SCCN(CCC(N)c2cc(F)cc(F)c2)C1C. The maximum Gasteiger partial charge on any atom is 0.126 e. The Morgan fingerprint density at radius 1 is 1.30 bits per heavy atom. The monoisotopic (exact) mass is 300 g/mol. The first-order chi connectivity index (χ1) is 9.47. The Bertz CT molecular complexity index is 435. The first-order valence-electron chi connectivity index (χ1n) is 7.04. The van der Waals surface area contributed by atoms with E-state index in [-0.39, 0.29) is 6.04 Å². The predicted molar refractivity (Wildman–Crippen MR) is 80.9 cm³/mol. The van der Waals surface area contributed by atoms with E-state index in [0.29, 0.717) is 23.3 Å². The van der Waals surface area contributed by atoms with Crippen molar-refractivity contribution in [3.05, 3.63) is 35.4 Å². The number of benzene rings is 1. The van der Waals surface area contributed by atoms with Gasteiger partial charge in [-0.3, -0.25) is 4.90 Å². The van der Waals surface area contributed by atoms with Crippen molar-refractivity contribution in [3.63, 3.8) is 0 Å². The van der Waals surface area contributed by atoms with Crippen molar-refractivity contribution in [2.45, 2.75) is 37.6 Å². The molecule has 1 fully saturated rings. The largest absolute Gasteiger partial charge is 0.324 e. The van der Waals surface area contributed by atoms with Crippen LogP contribution in [0.5, 0.6) is 0 Å². The molecular formula is C15H22F2N2S. The molecule has 2 nitrogen and oxygen atoms in total. The normalized spacial score (nSPS) is 25.6. The van der Waals surface area contributed by atoms with E-state index in [2.05, 4.69) is 18.7 Å². The van der Waals surface area contributed by atoms with Crippen molar-refractivity contribution in [2.24, 2.45) is 5.73 Å². The topological polar surface area (TPSA) is 29.3 Å². The van der Waals surface area contributed by atoms with Crippen molar-refractivity contribution in [1.82, 2.24) is 4.90 Å². The molecule has 1 aromatic rings. The van der Waals surface area contributed by atoms with E-state index >= 15 is 0 Å². The molecule has 2 rings (SSSR count). The lowest BCUT2D eigenvalue weighted by Gasteiger charge is -2.38. The van der Waals surface area contributed by atoms with Gasteiger partial charge >= 0.3 is 0 Å². The van der Waals surface area contributed by atoms with E-state index in [9.17, 15) is 8.78 Å². The van der Waals surface area contributed by atoms with Gasteiger partial charge in [-0.25, -0.2) is 8.78 Å². The molecule has 0 saturated carbocycles. The van der Waals surface area contributed by atoms with Gasteiger partial charge in [-0.05, 0) is 31.0 Å². The molecule has 1 heterocycles. The van der Waals surface area contributed by atoms with Crippen LogP contribution in [0.2, 0.25) is 0 Å². The van der Waals surface area contributed by atoms with Crippen molar-refractivity contribution < 1.29 is 8.78 Å². The Kier molecular flexibility index (Phi) is 5.41. The lowest BCUT2D eigenvalue weighted by molar-refractivity contribution is 0.205. The summed E-state index contributed by atoms with van der Waals surface area (Å²) in [5.74, 6) is 0.00799. The molecule has 0 bridgehead atoms. The van der Waals surface area contributed by atoms with Gasteiger partial charge in [0, 0.05) is 42.2 Å². The van der Waals surface area contributed by atoms with Gasteiger partial charge in [-0.15, -0.1) is 0 Å². The zero-order valence-electron chi connectivity index (χ0n) is 12.0. The molecule has 1 aliphatic rings. The molecular weight excluding hydrogens is 278 g/mol. The molecule has 3 atom stereocenters. The minimum atomic E-state index is -0.563. The Morgan fingerprint density at radius 3 is 2.60 bits per heavy atom. The molecule has 0 spiro atoms. The molecule has 2 N–H and O–H groups in total. The van der Waals surface area contributed by atoms with Gasteiger partial charge in [0.05, 0.1) is 0 Å². The summed E-state index contributed by atoms with van der Waals surface area (Å²) in [5.41, 5.74) is 6.60. The van der Waals surface area contributed by atoms with E-state index in [1.165, 1.54) is 12.1 Å². The molecule has 1 aromatic carbocycles. The maximum absolute atomic E-state index is 13.2. The fraction of sp³-hybridized carbons (Fsp3) is 0.600. The van der Waals surface area contributed by atoms with E-state index in [4.69, 9.17) is 5.73 Å². The second-order valence-electron chi connectivity index (χ2n) is 5.45. The first-order valence-corrected chi connectivity index (χ1v) is 8.09. The molecule has 0 radical (unpaired) electrons. The van der Waals surface area contributed by atoms with Gasteiger partial charge in [0.2, 0.25) is 0 Å². The molecule has 1 aliphatic heterocycles. The third kappa shape index (κ3) is 3.93. The highest BCUT2D eigenvalue weighted by Crippen LogP contribution is 2.25. The lowest BCUT2D eigenvalue weighted by atomic mass is 10.0. The summed E-state index contributed by atoms with van der Waals surface area (Å²) < 4.78 is 26.4. The number of nitrogens with two attached hydrogens (primary N) is 1. The molecule has 5 heteroatoms. The number of nitrogens with zero attached hydrogens (tertiary/aromatic N) is 1. The fourth-order valence-electron chi connectivity index (χ4n) is 2.57. The van der Waals surface area contributed by atoms with Crippen LogP contribution >= 0.6 is 11.8 Å². The average molecular weight is 300 g/mol. The van der Waals surface area contributed by atoms with Crippen molar-refractivity contribution in [1.29, 1.82) is 0 Å². The van der Waals surface area contributed by atoms with Gasteiger partial charge in [0.15, 0.2) is 0 Å². The second kappa shape index (κ2) is 6.87. The average Bonchev–Trinajstić information content (AvgIpc) is 2.39. The van der Waals surface area contributed by atoms with E-state index in [0.717, 1.165) is 24.9 Å². The summed E-state index contributed by atoms with van der Waals surface area (Å²) >= 11 is 1.99. The molecule has 20 heavy (non-hydrogen) atoms. The summed E-state index contributed by atoms with van der Waals surface area (Å²) in [4.78, 5) is 2.41. The van der Waals surface area contributed by atoms with Gasteiger partial charge in [0.1, 0.15) is 11.6 Å². The quantitative estimate of drug-likeness (QED) is 0.926. The number of rotatable bonds is 4. The zero-order chi connectivity index (χ0) is 14.7. The van der Waals surface area contributed by atoms with Crippen LogP contribution in [0.15, 0.2) is 18.2 Å². The summed E-state index contributed by atoms with van der Waals surface area (Å²) in [6, 6.07) is 3.72. The highest BCUT2D eigenvalue weighted by molar-refractivity contribution is 8.00. The molecule has 0 aromatic heterocycles.